The van der Waals surface area contributed by atoms with Crippen LogP contribution in [-0.4, -0.2) is 32.2 Å². The molecule has 0 saturated carbocycles. The summed E-state index contributed by atoms with van der Waals surface area (Å²) in [5.74, 6) is -0.564. The maximum Gasteiger partial charge on any atom is 0.326 e. The highest BCUT2D eigenvalue weighted by Crippen LogP contribution is 2.20. The van der Waals surface area contributed by atoms with Crippen LogP contribution in [0.1, 0.15) is 22.5 Å². The Morgan fingerprint density at radius 1 is 1.21 bits per heavy atom. The van der Waals surface area contributed by atoms with E-state index in [-0.39, 0.29) is 17.4 Å². The summed E-state index contributed by atoms with van der Waals surface area (Å²) < 4.78 is 15.1. The van der Waals surface area contributed by atoms with Crippen molar-refractivity contribution in [2.24, 2.45) is 0 Å². The number of para-hydroxylation sites is 2. The first kappa shape index (κ1) is 18.7. The Morgan fingerprint density at radius 2 is 2.03 bits per heavy atom. The molecule has 1 amide bonds. The zero-order valence-electron chi connectivity index (χ0n) is 15.8. The van der Waals surface area contributed by atoms with E-state index in [0.29, 0.717) is 36.5 Å². The van der Waals surface area contributed by atoms with Gasteiger partial charge >= 0.3 is 5.69 Å². The van der Waals surface area contributed by atoms with Gasteiger partial charge in [-0.1, -0.05) is 12.1 Å². The fraction of sp³-hybridized carbons (Fsp3) is 0.190. The van der Waals surface area contributed by atoms with Gasteiger partial charge in [-0.15, -0.1) is 0 Å². The van der Waals surface area contributed by atoms with Gasteiger partial charge in [0.1, 0.15) is 11.5 Å². The van der Waals surface area contributed by atoms with Gasteiger partial charge in [0.2, 0.25) is 0 Å². The van der Waals surface area contributed by atoms with Crippen LogP contribution in [0, 0.1) is 12.7 Å². The van der Waals surface area contributed by atoms with Crippen molar-refractivity contribution >= 4 is 16.9 Å². The van der Waals surface area contributed by atoms with Gasteiger partial charge in [0.05, 0.1) is 16.7 Å². The predicted octanol–water partition coefficient (Wildman–Crippen LogP) is 2.99. The Morgan fingerprint density at radius 3 is 2.86 bits per heavy atom. The Kier molecular flexibility index (Phi) is 4.99. The molecule has 0 aliphatic rings. The summed E-state index contributed by atoms with van der Waals surface area (Å²) in [6.45, 7) is 2.58. The molecule has 2 aromatic carbocycles. The van der Waals surface area contributed by atoms with Crippen LogP contribution in [0.3, 0.4) is 0 Å². The van der Waals surface area contributed by atoms with Crippen molar-refractivity contribution < 1.29 is 9.18 Å². The molecule has 2 aromatic heterocycles. The third kappa shape index (κ3) is 3.82. The maximum atomic E-state index is 13.4. The quantitative estimate of drug-likeness (QED) is 0.440. The molecule has 0 atom stereocenters. The van der Waals surface area contributed by atoms with Gasteiger partial charge < -0.3 is 10.3 Å². The molecule has 0 radical (unpaired) electrons. The van der Waals surface area contributed by atoms with Crippen LogP contribution in [0.25, 0.3) is 22.3 Å². The highest BCUT2D eigenvalue weighted by Gasteiger charge is 2.12. The molecule has 0 fully saturated rings. The molecule has 0 spiro atoms. The van der Waals surface area contributed by atoms with E-state index in [1.165, 1.54) is 6.07 Å². The molecular formula is C21H20FN5O2. The standard InChI is InChI=1S/C21H20FN5O2/c1-13-11-14(7-8-15(13)22)17-12-18(26-25-17)20(28)23-9-4-10-27-19-6-3-2-5-16(19)24-21(27)29/h2-3,5-8,11-12H,4,9-10H2,1H3,(H,23,28)(H,24,29)(H,25,26). The first-order chi connectivity index (χ1) is 14.0. The summed E-state index contributed by atoms with van der Waals surface area (Å²) in [5, 5.41) is 9.66. The minimum atomic E-state index is -0.283. The average Bonchev–Trinajstić information content (AvgIpc) is 3.32. The minimum Gasteiger partial charge on any atom is -0.351 e. The van der Waals surface area contributed by atoms with Crippen molar-refractivity contribution in [2.75, 3.05) is 6.54 Å². The van der Waals surface area contributed by atoms with Crippen molar-refractivity contribution in [1.29, 1.82) is 0 Å². The lowest BCUT2D eigenvalue weighted by atomic mass is 10.1. The number of aromatic nitrogens is 4. The Bertz CT molecular complexity index is 1240. The highest BCUT2D eigenvalue weighted by molar-refractivity contribution is 5.93. The third-order valence-corrected chi connectivity index (χ3v) is 4.80. The number of carbonyl (C=O) groups excluding carboxylic acids is 1. The zero-order valence-corrected chi connectivity index (χ0v) is 15.8. The number of nitrogens with zero attached hydrogens (tertiary/aromatic N) is 2. The maximum absolute atomic E-state index is 13.4. The molecule has 0 bridgehead atoms. The molecule has 0 unspecified atom stereocenters. The molecule has 4 aromatic rings. The molecule has 8 heteroatoms. The molecule has 4 rings (SSSR count). The van der Waals surface area contributed by atoms with Gasteiger partial charge in [0.25, 0.3) is 5.91 Å². The molecular weight excluding hydrogens is 373 g/mol. The number of amides is 1. The number of nitrogens with one attached hydrogen (secondary N) is 3. The zero-order chi connectivity index (χ0) is 20.4. The lowest BCUT2D eigenvalue weighted by molar-refractivity contribution is 0.0947. The normalized spacial score (nSPS) is 11.1. The van der Waals surface area contributed by atoms with Crippen LogP contribution in [-0.2, 0) is 6.54 Å². The van der Waals surface area contributed by atoms with Gasteiger partial charge in [-0.3, -0.25) is 14.5 Å². The number of aryl methyl sites for hydroxylation is 2. The van der Waals surface area contributed by atoms with E-state index in [0.717, 1.165) is 16.6 Å². The second-order valence-corrected chi connectivity index (χ2v) is 6.84. The third-order valence-electron chi connectivity index (χ3n) is 4.80. The summed E-state index contributed by atoms with van der Waals surface area (Å²) in [4.78, 5) is 27.2. The molecule has 0 aliphatic heterocycles. The van der Waals surface area contributed by atoms with Crippen molar-refractivity contribution in [3.63, 3.8) is 0 Å². The van der Waals surface area contributed by atoms with Crippen molar-refractivity contribution in [1.82, 2.24) is 25.1 Å². The second-order valence-electron chi connectivity index (χ2n) is 6.84. The van der Waals surface area contributed by atoms with Crippen LogP contribution < -0.4 is 11.0 Å². The predicted molar refractivity (Wildman–Crippen MR) is 108 cm³/mol. The van der Waals surface area contributed by atoms with Crippen LogP contribution in [0.5, 0.6) is 0 Å². The first-order valence-corrected chi connectivity index (χ1v) is 9.30. The summed E-state index contributed by atoms with van der Waals surface area (Å²) in [5.41, 5.74) is 3.63. The number of imidazole rings is 1. The SMILES string of the molecule is Cc1cc(-c2cc(C(=O)NCCCn3c(=O)[nH]c4ccccc43)[nH]n2)ccc1F. The van der Waals surface area contributed by atoms with E-state index < -0.39 is 0 Å². The van der Waals surface area contributed by atoms with Crippen LogP contribution >= 0.6 is 0 Å². The Hall–Kier alpha value is -3.68. The van der Waals surface area contributed by atoms with Crippen LogP contribution in [0.2, 0.25) is 0 Å². The van der Waals surface area contributed by atoms with E-state index >= 15 is 0 Å². The summed E-state index contributed by atoms with van der Waals surface area (Å²) in [7, 11) is 0. The van der Waals surface area contributed by atoms with Gasteiger partial charge in [0.15, 0.2) is 0 Å². The number of halogens is 1. The highest BCUT2D eigenvalue weighted by atomic mass is 19.1. The topological polar surface area (TPSA) is 95.6 Å². The number of carbonyl (C=O) groups is 1. The molecule has 0 saturated heterocycles. The molecule has 3 N–H and O–H groups in total. The first-order valence-electron chi connectivity index (χ1n) is 9.30. The Balaban J connectivity index is 1.35. The van der Waals surface area contributed by atoms with Crippen molar-refractivity contribution in [2.45, 2.75) is 19.9 Å². The van der Waals surface area contributed by atoms with E-state index in [1.54, 1.807) is 29.7 Å². The van der Waals surface area contributed by atoms with Crippen molar-refractivity contribution in [3.05, 3.63) is 76.1 Å². The largest absolute Gasteiger partial charge is 0.351 e. The minimum absolute atomic E-state index is 0.162. The molecule has 0 aliphatic carbocycles. The van der Waals surface area contributed by atoms with Gasteiger partial charge in [-0.25, -0.2) is 9.18 Å². The fourth-order valence-electron chi connectivity index (χ4n) is 3.25. The number of benzene rings is 2. The van der Waals surface area contributed by atoms with E-state index in [9.17, 15) is 14.0 Å². The van der Waals surface area contributed by atoms with Gasteiger partial charge in [-0.05, 0) is 55.3 Å². The van der Waals surface area contributed by atoms with Gasteiger partial charge in [-0.2, -0.15) is 5.10 Å². The van der Waals surface area contributed by atoms with Gasteiger partial charge in [0, 0.05) is 18.7 Å². The molecule has 7 nitrogen and oxygen atoms in total. The molecule has 2 heterocycles. The van der Waals surface area contributed by atoms with Crippen molar-refractivity contribution in [3.8, 4) is 11.3 Å². The summed E-state index contributed by atoms with van der Waals surface area (Å²) in [6.07, 6.45) is 0.603. The lowest BCUT2D eigenvalue weighted by Crippen LogP contribution is -2.26. The molecule has 148 valence electrons. The number of hydrogen-bond donors (Lipinski definition) is 3. The number of hydrogen-bond acceptors (Lipinski definition) is 3. The summed E-state index contributed by atoms with van der Waals surface area (Å²) >= 11 is 0. The van der Waals surface area contributed by atoms with E-state index in [1.807, 2.05) is 24.3 Å². The number of rotatable bonds is 6. The fourth-order valence-corrected chi connectivity index (χ4v) is 3.25. The lowest BCUT2D eigenvalue weighted by Gasteiger charge is -2.05. The number of aromatic amines is 2. The van der Waals surface area contributed by atoms with E-state index in [2.05, 4.69) is 20.5 Å². The summed E-state index contributed by atoms with van der Waals surface area (Å²) in [6, 6.07) is 13.8. The molecule has 29 heavy (non-hydrogen) atoms. The number of H-pyrrole nitrogens is 2. The average molecular weight is 393 g/mol. The van der Waals surface area contributed by atoms with Crippen LogP contribution in [0.15, 0.2) is 53.3 Å². The van der Waals surface area contributed by atoms with E-state index in [4.69, 9.17) is 0 Å². The van der Waals surface area contributed by atoms with Crippen LogP contribution in [0.4, 0.5) is 4.39 Å². The second kappa shape index (κ2) is 7.75. The number of fused-ring (bicyclic) bond motifs is 1. The smallest absolute Gasteiger partial charge is 0.326 e. The monoisotopic (exact) mass is 393 g/mol. The Labute approximate surface area is 165 Å².